The third-order valence-corrected chi connectivity index (χ3v) is 1.32. The molecule has 7 heavy (non-hydrogen) atoms. The molecule has 0 aliphatic heterocycles. The molecule has 0 aromatic carbocycles. The van der Waals surface area contributed by atoms with Gasteiger partial charge in [0.1, 0.15) is 0 Å². The molecule has 0 amide bonds. The van der Waals surface area contributed by atoms with Gasteiger partial charge < -0.3 is 5.11 Å². The molecule has 0 unspecified atom stereocenters. The Morgan fingerprint density at radius 1 is 1.14 bits per heavy atom. The average Bonchev–Trinajstić information content (AvgIpc) is 1.86. The van der Waals surface area contributed by atoms with E-state index in [1.807, 2.05) is 0 Å². The number of aliphatic hydroxyl groups is 1. The minimum atomic E-state index is 0. The fourth-order valence-electron chi connectivity index (χ4n) is 0.904. The molecule has 1 fully saturated rings. The second-order valence-electron chi connectivity index (χ2n) is 1.94. The fourth-order valence-corrected chi connectivity index (χ4v) is 0.904. The second-order valence-corrected chi connectivity index (χ2v) is 1.94. The van der Waals surface area contributed by atoms with Crippen LogP contribution in [0.4, 0.5) is 0 Å². The third-order valence-electron chi connectivity index (χ3n) is 1.32. The minimum absolute atomic E-state index is 0. The molecule has 0 radical (unpaired) electrons. The van der Waals surface area contributed by atoms with Crippen LogP contribution in [-0.2, 0) is 0 Å². The van der Waals surface area contributed by atoms with Crippen molar-refractivity contribution in [2.24, 2.45) is 0 Å². The first-order chi connectivity index (χ1) is 2.89. The van der Waals surface area contributed by atoms with Crippen molar-refractivity contribution in [2.75, 3.05) is 0 Å². The maximum atomic E-state index is 8.73. The van der Waals surface area contributed by atoms with Crippen molar-refractivity contribution >= 4 is 18.9 Å². The van der Waals surface area contributed by atoms with Crippen LogP contribution in [0, 0.1) is 0 Å². The number of rotatable bonds is 0. The van der Waals surface area contributed by atoms with Gasteiger partial charge in [-0.3, -0.25) is 0 Å². The monoisotopic (exact) mass is 94.1 g/mol. The molecule has 38 valence electrons. The molecule has 0 bridgehead atoms. The van der Waals surface area contributed by atoms with Crippen LogP contribution < -0.4 is 0 Å². The van der Waals surface area contributed by atoms with E-state index in [1.165, 1.54) is 12.8 Å². The molecule has 1 nitrogen and oxygen atoms in total. The first kappa shape index (κ1) is 7.56. The molecular weight excluding hydrogens is 83.0 g/mol. The van der Waals surface area contributed by atoms with Crippen LogP contribution in [0.2, 0.25) is 0 Å². The van der Waals surface area contributed by atoms with Crippen molar-refractivity contribution in [3.63, 3.8) is 0 Å². The van der Waals surface area contributed by atoms with Gasteiger partial charge in [0, 0.05) is 0 Å². The quantitative estimate of drug-likeness (QED) is 0.427. The molecule has 0 heterocycles. The topological polar surface area (TPSA) is 20.2 Å². The number of hydrogen-bond donors (Lipinski definition) is 1. The SMILES string of the molecule is OC1CCCC1.[LiH]. The molecule has 1 rings (SSSR count). The predicted octanol–water partition coefficient (Wildman–Crippen LogP) is 0.273. The Labute approximate surface area is 56.3 Å². The summed E-state index contributed by atoms with van der Waals surface area (Å²) in [5.41, 5.74) is 0. The normalized spacial score (nSPS) is 21.9. The van der Waals surface area contributed by atoms with E-state index >= 15 is 0 Å². The van der Waals surface area contributed by atoms with Crippen molar-refractivity contribution in [2.45, 2.75) is 31.8 Å². The molecule has 0 saturated heterocycles. The van der Waals surface area contributed by atoms with Gasteiger partial charge in [0.15, 0.2) is 0 Å². The summed E-state index contributed by atoms with van der Waals surface area (Å²) in [4.78, 5) is 0. The van der Waals surface area contributed by atoms with E-state index in [0.717, 1.165) is 12.8 Å². The Balaban J connectivity index is 0.000000360. The van der Waals surface area contributed by atoms with Crippen LogP contribution in [-0.4, -0.2) is 30.1 Å². The summed E-state index contributed by atoms with van der Waals surface area (Å²) in [5, 5.41) is 8.73. The van der Waals surface area contributed by atoms with E-state index in [2.05, 4.69) is 0 Å². The van der Waals surface area contributed by atoms with Gasteiger partial charge in [-0.25, -0.2) is 0 Å². The van der Waals surface area contributed by atoms with Gasteiger partial charge in [-0.1, -0.05) is 12.8 Å². The number of aliphatic hydroxyl groups excluding tert-OH is 1. The molecule has 2 heteroatoms. The van der Waals surface area contributed by atoms with Crippen molar-refractivity contribution in [1.82, 2.24) is 0 Å². The molecule has 0 aromatic heterocycles. The molecule has 1 aliphatic carbocycles. The maximum absolute atomic E-state index is 8.73. The summed E-state index contributed by atoms with van der Waals surface area (Å²) < 4.78 is 0. The van der Waals surface area contributed by atoms with Gasteiger partial charge in [0.05, 0.1) is 6.10 Å². The van der Waals surface area contributed by atoms with E-state index in [-0.39, 0.29) is 25.0 Å². The Hall–Kier alpha value is 0.557. The van der Waals surface area contributed by atoms with E-state index in [1.54, 1.807) is 0 Å². The van der Waals surface area contributed by atoms with E-state index in [4.69, 9.17) is 5.11 Å². The van der Waals surface area contributed by atoms with Gasteiger partial charge in [0.2, 0.25) is 0 Å². The van der Waals surface area contributed by atoms with Crippen LogP contribution in [0.1, 0.15) is 25.7 Å². The van der Waals surface area contributed by atoms with Gasteiger partial charge in [-0.05, 0) is 12.8 Å². The first-order valence-corrected chi connectivity index (χ1v) is 2.57. The van der Waals surface area contributed by atoms with Crippen molar-refractivity contribution in [3.8, 4) is 0 Å². The number of hydrogen-bond acceptors (Lipinski definition) is 1. The van der Waals surface area contributed by atoms with Crippen molar-refractivity contribution in [3.05, 3.63) is 0 Å². The van der Waals surface area contributed by atoms with Crippen molar-refractivity contribution in [1.29, 1.82) is 0 Å². The summed E-state index contributed by atoms with van der Waals surface area (Å²) >= 11 is 0. The molecule has 1 N–H and O–H groups in total. The van der Waals surface area contributed by atoms with E-state index in [9.17, 15) is 0 Å². The first-order valence-electron chi connectivity index (χ1n) is 2.57. The van der Waals surface area contributed by atoms with Gasteiger partial charge in [-0.2, -0.15) is 0 Å². The average molecular weight is 94.1 g/mol. The molecule has 0 atom stereocenters. The predicted molar refractivity (Wildman–Crippen MR) is 31.6 cm³/mol. The Bertz CT molecular complexity index is 41.3. The fraction of sp³-hybridized carbons (Fsp3) is 1.00. The van der Waals surface area contributed by atoms with Crippen molar-refractivity contribution < 1.29 is 5.11 Å². The Kier molecular flexibility index (Phi) is 3.83. The van der Waals surface area contributed by atoms with Crippen LogP contribution in [0.25, 0.3) is 0 Å². The van der Waals surface area contributed by atoms with Crippen LogP contribution in [0.15, 0.2) is 0 Å². The van der Waals surface area contributed by atoms with Crippen LogP contribution in [0.3, 0.4) is 0 Å². The summed E-state index contributed by atoms with van der Waals surface area (Å²) in [7, 11) is 0. The third kappa shape index (κ3) is 2.38. The Morgan fingerprint density at radius 2 is 1.57 bits per heavy atom. The molecule has 0 spiro atoms. The van der Waals surface area contributed by atoms with Gasteiger partial charge in [0.25, 0.3) is 0 Å². The second kappa shape index (κ2) is 3.55. The van der Waals surface area contributed by atoms with Gasteiger partial charge in [-0.15, -0.1) is 0 Å². The standard InChI is InChI=1S/C5H10O.Li.H/c6-5-3-1-2-4-5;;/h5-6H,1-4H2;;. The molecular formula is C5H11LiO. The zero-order valence-electron chi connectivity index (χ0n) is 3.85. The zero-order valence-corrected chi connectivity index (χ0v) is 3.85. The van der Waals surface area contributed by atoms with Crippen LogP contribution >= 0.6 is 0 Å². The summed E-state index contributed by atoms with van der Waals surface area (Å²) in [6.45, 7) is 0. The Morgan fingerprint density at radius 3 is 1.71 bits per heavy atom. The summed E-state index contributed by atoms with van der Waals surface area (Å²) in [6.07, 6.45) is 4.60. The summed E-state index contributed by atoms with van der Waals surface area (Å²) in [6, 6.07) is 0. The summed E-state index contributed by atoms with van der Waals surface area (Å²) in [5.74, 6) is 0. The molecule has 0 aromatic rings. The molecule has 1 aliphatic rings. The molecule has 1 saturated carbocycles. The van der Waals surface area contributed by atoms with Gasteiger partial charge >= 0.3 is 18.9 Å². The van der Waals surface area contributed by atoms with Crippen LogP contribution in [0.5, 0.6) is 0 Å². The van der Waals surface area contributed by atoms with E-state index < -0.39 is 0 Å². The zero-order chi connectivity index (χ0) is 4.41. The van der Waals surface area contributed by atoms with E-state index in [0.29, 0.717) is 0 Å².